The van der Waals surface area contributed by atoms with Crippen LogP contribution < -0.4 is 0 Å². The Bertz CT molecular complexity index is 818. The van der Waals surface area contributed by atoms with Gasteiger partial charge in [-0.1, -0.05) is 49.4 Å². The van der Waals surface area contributed by atoms with E-state index in [4.69, 9.17) is 0 Å². The van der Waals surface area contributed by atoms with Crippen LogP contribution in [0.15, 0.2) is 65.8 Å². The van der Waals surface area contributed by atoms with Gasteiger partial charge in [0.05, 0.1) is 5.57 Å². The SMILES string of the molecule is C/C=C(\C=C/CCN1CCc2ccc(O)cc2CC1)C(C)/C=C\C(=C/C)C(F)(F)F. The van der Waals surface area contributed by atoms with Crippen LogP contribution in [0.5, 0.6) is 5.75 Å². The first-order valence-electron chi connectivity index (χ1n) is 10.5. The minimum atomic E-state index is -4.32. The fraction of sp³-hybridized carbons (Fsp3) is 0.440. The lowest BCUT2D eigenvalue weighted by Crippen LogP contribution is -2.27. The number of aromatic hydroxyl groups is 1. The third-order valence-corrected chi connectivity index (χ3v) is 5.57. The molecule has 1 atom stereocenters. The van der Waals surface area contributed by atoms with Crippen LogP contribution in [0, 0.1) is 5.92 Å². The van der Waals surface area contributed by atoms with Gasteiger partial charge in [-0.3, -0.25) is 0 Å². The van der Waals surface area contributed by atoms with Gasteiger partial charge >= 0.3 is 6.18 Å². The summed E-state index contributed by atoms with van der Waals surface area (Å²) in [6.45, 7) is 8.11. The molecule has 0 bridgehead atoms. The van der Waals surface area contributed by atoms with Gasteiger partial charge in [0.25, 0.3) is 0 Å². The number of alkyl halides is 3. The van der Waals surface area contributed by atoms with Gasteiger partial charge in [0.15, 0.2) is 0 Å². The van der Waals surface area contributed by atoms with Crippen molar-refractivity contribution in [2.75, 3.05) is 19.6 Å². The molecule has 0 spiro atoms. The van der Waals surface area contributed by atoms with Crippen molar-refractivity contribution >= 4 is 0 Å². The zero-order valence-electron chi connectivity index (χ0n) is 18.0. The van der Waals surface area contributed by atoms with Crippen LogP contribution in [0.2, 0.25) is 0 Å². The Kier molecular flexibility index (Phi) is 8.97. The highest BCUT2D eigenvalue weighted by Gasteiger charge is 2.30. The second-order valence-corrected chi connectivity index (χ2v) is 7.66. The van der Waals surface area contributed by atoms with Gasteiger partial charge in [-0.15, -0.1) is 0 Å². The maximum atomic E-state index is 12.8. The van der Waals surface area contributed by atoms with E-state index in [1.807, 2.05) is 38.1 Å². The van der Waals surface area contributed by atoms with E-state index in [0.717, 1.165) is 56.6 Å². The average Bonchev–Trinajstić information content (AvgIpc) is 2.89. The molecule has 0 aromatic heterocycles. The molecule has 2 nitrogen and oxygen atoms in total. The Balaban J connectivity index is 1.85. The third-order valence-electron chi connectivity index (χ3n) is 5.57. The van der Waals surface area contributed by atoms with Crippen LogP contribution in [-0.4, -0.2) is 35.8 Å². The van der Waals surface area contributed by atoms with Crippen molar-refractivity contribution in [3.63, 3.8) is 0 Å². The predicted octanol–water partition coefficient (Wildman–Crippen LogP) is 6.39. The lowest BCUT2D eigenvalue weighted by atomic mass is 9.98. The van der Waals surface area contributed by atoms with Crippen LogP contribution in [0.3, 0.4) is 0 Å². The summed E-state index contributed by atoms with van der Waals surface area (Å²) in [7, 11) is 0. The first-order valence-corrected chi connectivity index (χ1v) is 10.5. The number of fused-ring (bicyclic) bond motifs is 1. The maximum Gasteiger partial charge on any atom is 0.416 e. The van der Waals surface area contributed by atoms with Gasteiger partial charge in [0, 0.05) is 19.6 Å². The molecule has 2 rings (SSSR count). The minimum absolute atomic E-state index is 0.0936. The molecule has 0 fully saturated rings. The summed E-state index contributed by atoms with van der Waals surface area (Å²) in [6.07, 6.45) is 8.40. The Morgan fingerprint density at radius 1 is 1.10 bits per heavy atom. The molecule has 1 aromatic carbocycles. The number of allylic oxidation sites excluding steroid dienone is 7. The van der Waals surface area contributed by atoms with Gasteiger partial charge in [0.2, 0.25) is 0 Å². The van der Waals surface area contributed by atoms with Gasteiger partial charge < -0.3 is 10.0 Å². The monoisotopic (exact) mass is 419 g/mol. The fourth-order valence-corrected chi connectivity index (χ4v) is 3.68. The van der Waals surface area contributed by atoms with Gasteiger partial charge in [-0.05, 0) is 67.9 Å². The van der Waals surface area contributed by atoms with E-state index in [-0.39, 0.29) is 5.92 Å². The van der Waals surface area contributed by atoms with Crippen molar-refractivity contribution in [1.29, 1.82) is 0 Å². The highest BCUT2D eigenvalue weighted by atomic mass is 19.4. The number of phenols is 1. The number of halogens is 3. The summed E-state index contributed by atoms with van der Waals surface area (Å²) < 4.78 is 38.5. The molecular formula is C25H32F3NO. The molecule has 0 amide bonds. The quantitative estimate of drug-likeness (QED) is 0.518. The number of rotatable bonds is 7. The van der Waals surface area contributed by atoms with Crippen molar-refractivity contribution in [2.45, 2.75) is 46.2 Å². The summed E-state index contributed by atoms with van der Waals surface area (Å²) in [5.41, 5.74) is 2.91. The first kappa shape index (κ1) is 24.0. The topological polar surface area (TPSA) is 23.5 Å². The minimum Gasteiger partial charge on any atom is -0.508 e. The molecule has 164 valence electrons. The van der Waals surface area contributed by atoms with E-state index in [0.29, 0.717) is 5.75 Å². The lowest BCUT2D eigenvalue weighted by molar-refractivity contribution is -0.0883. The second-order valence-electron chi connectivity index (χ2n) is 7.66. The highest BCUT2D eigenvalue weighted by Crippen LogP contribution is 2.27. The Morgan fingerprint density at radius 2 is 1.80 bits per heavy atom. The van der Waals surface area contributed by atoms with Gasteiger partial charge in [-0.25, -0.2) is 0 Å². The van der Waals surface area contributed by atoms with Crippen molar-refractivity contribution in [3.8, 4) is 5.75 Å². The van der Waals surface area contributed by atoms with Crippen molar-refractivity contribution in [3.05, 3.63) is 76.9 Å². The fourth-order valence-electron chi connectivity index (χ4n) is 3.68. The van der Waals surface area contributed by atoms with E-state index in [1.165, 1.54) is 18.1 Å². The summed E-state index contributed by atoms with van der Waals surface area (Å²) in [6, 6.07) is 5.63. The zero-order valence-corrected chi connectivity index (χ0v) is 18.0. The molecule has 1 heterocycles. The molecule has 1 aliphatic rings. The molecule has 1 unspecified atom stereocenters. The van der Waals surface area contributed by atoms with E-state index in [9.17, 15) is 18.3 Å². The van der Waals surface area contributed by atoms with Crippen molar-refractivity contribution in [1.82, 2.24) is 4.90 Å². The molecule has 0 aliphatic carbocycles. The number of phenolic OH excluding ortho intramolecular Hbond substituents is 1. The smallest absolute Gasteiger partial charge is 0.416 e. The summed E-state index contributed by atoms with van der Waals surface area (Å²) in [4.78, 5) is 2.42. The molecule has 1 aromatic rings. The molecule has 1 N–H and O–H groups in total. The molecular weight excluding hydrogens is 387 g/mol. The average molecular weight is 420 g/mol. The largest absolute Gasteiger partial charge is 0.508 e. The Labute approximate surface area is 178 Å². The van der Waals surface area contributed by atoms with Gasteiger partial charge in [0.1, 0.15) is 5.75 Å². The normalized spacial score (nSPS) is 18.1. The zero-order chi connectivity index (χ0) is 22.1. The molecule has 1 aliphatic heterocycles. The maximum absolute atomic E-state index is 12.8. The number of hydrogen-bond donors (Lipinski definition) is 1. The van der Waals surface area contributed by atoms with Gasteiger partial charge in [-0.2, -0.15) is 13.2 Å². The summed E-state index contributed by atoms with van der Waals surface area (Å²) >= 11 is 0. The van der Waals surface area contributed by atoms with Crippen LogP contribution in [0.25, 0.3) is 0 Å². The summed E-state index contributed by atoms with van der Waals surface area (Å²) in [5, 5.41) is 9.67. The van der Waals surface area contributed by atoms with E-state index < -0.39 is 11.7 Å². The van der Waals surface area contributed by atoms with E-state index >= 15 is 0 Å². The summed E-state index contributed by atoms with van der Waals surface area (Å²) in [5.74, 6) is 0.230. The number of benzene rings is 1. The van der Waals surface area contributed by atoms with E-state index in [2.05, 4.69) is 11.0 Å². The molecule has 5 heteroatoms. The molecule has 0 saturated carbocycles. The van der Waals surface area contributed by atoms with E-state index in [1.54, 1.807) is 12.1 Å². The standard InChI is InChI=1S/C25H32F3NO/c1-4-20(19(3)9-11-23(5-2)25(26,27)28)8-6-7-15-29-16-13-21-10-12-24(30)18-22(21)14-17-29/h4-6,8-12,18-19,30H,7,13-17H2,1-3H3/b8-6-,11-9-,20-4+,23-5+. The number of nitrogens with zero attached hydrogens (tertiary/aromatic N) is 1. The highest BCUT2D eigenvalue weighted by molar-refractivity contribution is 5.36. The molecule has 0 saturated heterocycles. The second kappa shape index (κ2) is 11.2. The number of hydrogen-bond acceptors (Lipinski definition) is 2. The van der Waals surface area contributed by atoms with Crippen LogP contribution >= 0.6 is 0 Å². The Hall–Kier alpha value is -2.27. The third kappa shape index (κ3) is 7.21. The molecule has 30 heavy (non-hydrogen) atoms. The Morgan fingerprint density at radius 3 is 2.43 bits per heavy atom. The van der Waals surface area contributed by atoms with Crippen molar-refractivity contribution in [2.24, 2.45) is 5.92 Å². The molecule has 0 radical (unpaired) electrons. The predicted molar refractivity (Wildman–Crippen MR) is 118 cm³/mol. The van der Waals surface area contributed by atoms with Crippen molar-refractivity contribution < 1.29 is 18.3 Å². The first-order chi connectivity index (χ1) is 14.2. The van der Waals surface area contributed by atoms with Crippen LogP contribution in [0.4, 0.5) is 13.2 Å². The van der Waals surface area contributed by atoms with Crippen LogP contribution in [0.1, 0.15) is 38.3 Å². The lowest BCUT2D eigenvalue weighted by Gasteiger charge is -2.18. The van der Waals surface area contributed by atoms with Crippen LogP contribution in [-0.2, 0) is 12.8 Å².